The van der Waals surface area contributed by atoms with Crippen LogP contribution in [0, 0.1) is 0 Å². The summed E-state index contributed by atoms with van der Waals surface area (Å²) in [4.78, 5) is 14.4. The maximum atomic E-state index is 12.6. The molecule has 1 N–H and O–H groups in total. The Balaban J connectivity index is 2.10. The summed E-state index contributed by atoms with van der Waals surface area (Å²) in [5, 5.41) is 3.23. The standard InChI is InChI=1S/C16H24N2O2/c1-5-17-14-8-6-13(7-9-14)15(19)18-10-12(2)20-16(3,4)11-18/h6-9,12,17H,5,10-11H2,1-4H3. The molecule has 1 amide bonds. The van der Waals surface area contributed by atoms with Crippen LogP contribution in [0.1, 0.15) is 38.1 Å². The van der Waals surface area contributed by atoms with Gasteiger partial charge in [0.2, 0.25) is 0 Å². The van der Waals surface area contributed by atoms with E-state index in [4.69, 9.17) is 4.74 Å². The zero-order chi connectivity index (χ0) is 14.8. The molecule has 0 aromatic heterocycles. The summed E-state index contributed by atoms with van der Waals surface area (Å²) in [7, 11) is 0. The molecule has 0 radical (unpaired) electrons. The van der Waals surface area contributed by atoms with Gasteiger partial charge < -0.3 is 15.0 Å². The molecule has 4 nitrogen and oxygen atoms in total. The molecule has 110 valence electrons. The van der Waals surface area contributed by atoms with E-state index in [0.717, 1.165) is 17.8 Å². The lowest BCUT2D eigenvalue weighted by molar-refractivity contribution is -0.118. The zero-order valence-electron chi connectivity index (χ0n) is 12.8. The van der Waals surface area contributed by atoms with Crippen LogP contribution >= 0.6 is 0 Å². The van der Waals surface area contributed by atoms with E-state index in [1.807, 2.05) is 49.9 Å². The predicted molar refractivity (Wildman–Crippen MR) is 81.1 cm³/mol. The number of hydrogen-bond acceptors (Lipinski definition) is 3. The molecule has 1 aromatic carbocycles. The molecule has 0 spiro atoms. The minimum absolute atomic E-state index is 0.0729. The van der Waals surface area contributed by atoms with Gasteiger partial charge in [0.25, 0.3) is 5.91 Å². The molecule has 1 heterocycles. The van der Waals surface area contributed by atoms with Gasteiger partial charge in [0.05, 0.1) is 11.7 Å². The molecule has 1 aliphatic heterocycles. The van der Waals surface area contributed by atoms with Crippen molar-refractivity contribution >= 4 is 11.6 Å². The molecular weight excluding hydrogens is 252 g/mol. The number of nitrogens with one attached hydrogen (secondary N) is 1. The van der Waals surface area contributed by atoms with Gasteiger partial charge in [0.15, 0.2) is 0 Å². The van der Waals surface area contributed by atoms with Gasteiger partial charge >= 0.3 is 0 Å². The van der Waals surface area contributed by atoms with Crippen molar-refractivity contribution in [1.29, 1.82) is 0 Å². The number of benzene rings is 1. The molecule has 0 bridgehead atoms. The molecule has 1 aliphatic rings. The average molecular weight is 276 g/mol. The molecule has 1 fully saturated rings. The van der Waals surface area contributed by atoms with Crippen molar-refractivity contribution in [2.75, 3.05) is 25.0 Å². The van der Waals surface area contributed by atoms with Crippen LogP contribution < -0.4 is 5.32 Å². The summed E-state index contributed by atoms with van der Waals surface area (Å²) in [6.45, 7) is 10.3. The highest BCUT2D eigenvalue weighted by Gasteiger charge is 2.33. The largest absolute Gasteiger partial charge is 0.385 e. The van der Waals surface area contributed by atoms with Crippen LogP contribution in [0.2, 0.25) is 0 Å². The summed E-state index contributed by atoms with van der Waals surface area (Å²) in [5.41, 5.74) is 1.49. The quantitative estimate of drug-likeness (QED) is 0.923. The van der Waals surface area contributed by atoms with Crippen molar-refractivity contribution in [1.82, 2.24) is 4.90 Å². The van der Waals surface area contributed by atoms with Crippen LogP contribution in [-0.2, 0) is 4.74 Å². The topological polar surface area (TPSA) is 41.6 Å². The van der Waals surface area contributed by atoms with Crippen LogP contribution in [0.5, 0.6) is 0 Å². The van der Waals surface area contributed by atoms with Crippen LogP contribution in [0.3, 0.4) is 0 Å². The Kier molecular flexibility index (Phi) is 4.33. The smallest absolute Gasteiger partial charge is 0.254 e. The van der Waals surface area contributed by atoms with Crippen LogP contribution in [0.4, 0.5) is 5.69 Å². The van der Waals surface area contributed by atoms with Gasteiger partial charge in [-0.2, -0.15) is 0 Å². The number of rotatable bonds is 3. The van der Waals surface area contributed by atoms with E-state index >= 15 is 0 Å². The van der Waals surface area contributed by atoms with Gasteiger partial charge in [-0.1, -0.05) is 0 Å². The van der Waals surface area contributed by atoms with Gasteiger partial charge in [0, 0.05) is 30.9 Å². The van der Waals surface area contributed by atoms with Crippen molar-refractivity contribution in [3.8, 4) is 0 Å². The van der Waals surface area contributed by atoms with Gasteiger partial charge in [-0.3, -0.25) is 4.79 Å². The Labute approximate surface area is 121 Å². The lowest BCUT2D eigenvalue weighted by atomic mass is 10.0. The summed E-state index contributed by atoms with van der Waals surface area (Å²) >= 11 is 0. The first-order valence-electron chi connectivity index (χ1n) is 7.22. The van der Waals surface area contributed by atoms with E-state index in [2.05, 4.69) is 12.2 Å². The van der Waals surface area contributed by atoms with Crippen molar-refractivity contribution in [2.24, 2.45) is 0 Å². The first-order chi connectivity index (χ1) is 9.41. The molecule has 1 atom stereocenters. The first kappa shape index (κ1) is 14.9. The summed E-state index contributed by atoms with van der Waals surface area (Å²) in [5.74, 6) is 0.0799. The zero-order valence-corrected chi connectivity index (χ0v) is 12.8. The van der Waals surface area contributed by atoms with Crippen molar-refractivity contribution in [2.45, 2.75) is 39.4 Å². The third-order valence-corrected chi connectivity index (χ3v) is 3.37. The van der Waals surface area contributed by atoms with E-state index in [0.29, 0.717) is 13.1 Å². The highest BCUT2D eigenvalue weighted by Crippen LogP contribution is 2.22. The fourth-order valence-corrected chi connectivity index (χ4v) is 2.73. The molecule has 1 unspecified atom stereocenters. The Hall–Kier alpha value is -1.55. The maximum absolute atomic E-state index is 12.6. The SMILES string of the molecule is CCNc1ccc(C(=O)N2CC(C)OC(C)(C)C2)cc1. The summed E-state index contributed by atoms with van der Waals surface area (Å²) in [6.07, 6.45) is 0.0729. The molecule has 20 heavy (non-hydrogen) atoms. The van der Waals surface area contributed by atoms with E-state index < -0.39 is 0 Å². The normalized spacial score (nSPS) is 21.6. The second-order valence-electron chi connectivity index (χ2n) is 5.98. The number of carbonyl (C=O) groups excluding carboxylic acids is 1. The first-order valence-corrected chi connectivity index (χ1v) is 7.22. The van der Waals surface area contributed by atoms with E-state index in [1.165, 1.54) is 0 Å². The van der Waals surface area contributed by atoms with Crippen LogP contribution in [0.25, 0.3) is 0 Å². The van der Waals surface area contributed by atoms with Gasteiger partial charge in [-0.15, -0.1) is 0 Å². The predicted octanol–water partition coefficient (Wildman–Crippen LogP) is 2.76. The second kappa shape index (κ2) is 5.83. The van der Waals surface area contributed by atoms with E-state index in [1.54, 1.807) is 0 Å². The molecule has 1 saturated heterocycles. The molecule has 2 rings (SSSR count). The molecule has 0 saturated carbocycles. The maximum Gasteiger partial charge on any atom is 0.254 e. The average Bonchev–Trinajstić information content (AvgIpc) is 2.37. The van der Waals surface area contributed by atoms with Crippen molar-refractivity contribution in [3.05, 3.63) is 29.8 Å². The second-order valence-corrected chi connectivity index (χ2v) is 5.98. The molecule has 1 aromatic rings. The number of morpholine rings is 1. The number of ether oxygens (including phenoxy) is 1. The lowest BCUT2D eigenvalue weighted by Gasteiger charge is -2.41. The highest BCUT2D eigenvalue weighted by molar-refractivity contribution is 5.94. The van der Waals surface area contributed by atoms with E-state index in [9.17, 15) is 4.79 Å². The summed E-state index contributed by atoms with van der Waals surface area (Å²) < 4.78 is 5.84. The van der Waals surface area contributed by atoms with Crippen molar-refractivity contribution < 1.29 is 9.53 Å². The number of amides is 1. The van der Waals surface area contributed by atoms with Gasteiger partial charge in [-0.25, -0.2) is 0 Å². The van der Waals surface area contributed by atoms with Crippen molar-refractivity contribution in [3.63, 3.8) is 0 Å². The highest BCUT2D eigenvalue weighted by atomic mass is 16.5. The molecule has 4 heteroatoms. The lowest BCUT2D eigenvalue weighted by Crippen LogP contribution is -2.53. The fourth-order valence-electron chi connectivity index (χ4n) is 2.73. The van der Waals surface area contributed by atoms with E-state index in [-0.39, 0.29) is 17.6 Å². The molecule has 0 aliphatic carbocycles. The Bertz CT molecular complexity index is 468. The Morgan fingerprint density at radius 2 is 2.05 bits per heavy atom. The minimum atomic E-state index is -0.281. The number of carbonyl (C=O) groups is 1. The number of nitrogens with zero attached hydrogens (tertiary/aromatic N) is 1. The summed E-state index contributed by atoms with van der Waals surface area (Å²) in [6, 6.07) is 7.67. The monoisotopic (exact) mass is 276 g/mol. The molecular formula is C16H24N2O2. The van der Waals surface area contributed by atoms with Gasteiger partial charge in [-0.05, 0) is 52.0 Å². The number of anilines is 1. The Morgan fingerprint density at radius 3 is 2.60 bits per heavy atom. The fraction of sp³-hybridized carbons (Fsp3) is 0.562. The third-order valence-electron chi connectivity index (χ3n) is 3.37. The number of hydrogen-bond donors (Lipinski definition) is 1. The van der Waals surface area contributed by atoms with Crippen LogP contribution in [0.15, 0.2) is 24.3 Å². The minimum Gasteiger partial charge on any atom is -0.385 e. The van der Waals surface area contributed by atoms with Gasteiger partial charge in [0.1, 0.15) is 0 Å². The third kappa shape index (κ3) is 3.51. The van der Waals surface area contributed by atoms with Crippen LogP contribution in [-0.4, -0.2) is 42.1 Å². The Morgan fingerprint density at radius 1 is 1.40 bits per heavy atom.